The fraction of sp³-hybridized carbons (Fsp3) is 0.857. The van der Waals surface area contributed by atoms with E-state index < -0.39 is 0 Å². The lowest BCUT2D eigenvalue weighted by Gasteiger charge is -2.35. The van der Waals surface area contributed by atoms with Gasteiger partial charge < -0.3 is 28.4 Å². The summed E-state index contributed by atoms with van der Waals surface area (Å²) in [7, 11) is 3.38. The standard InChI is InChI=1S/C28H52N6O6/c1-7-27(8-2,21-38-13-11-25-17-33(10-4)31-29-25)22-40-24-28(9-3,20-36-6)23-39-19-26-18-34(32-30-26)12-14-37-16-15-35-5/h17-18H,7-16,19-24H2,1-6H3. The number of hydrogen-bond donors (Lipinski definition) is 0. The largest absolute Gasteiger partial charge is 0.384 e. The van der Waals surface area contributed by atoms with E-state index in [1.807, 2.05) is 17.1 Å². The molecule has 0 spiro atoms. The van der Waals surface area contributed by atoms with Gasteiger partial charge in [-0.25, -0.2) is 4.68 Å². The molecule has 1 atom stereocenters. The maximum absolute atomic E-state index is 6.38. The van der Waals surface area contributed by atoms with Crippen molar-refractivity contribution in [2.45, 2.75) is 73.1 Å². The predicted molar refractivity (Wildman–Crippen MR) is 151 cm³/mol. The topological polar surface area (TPSA) is 117 Å². The summed E-state index contributed by atoms with van der Waals surface area (Å²) >= 11 is 0. The summed E-state index contributed by atoms with van der Waals surface area (Å²) in [6, 6.07) is 0. The number of methoxy groups -OCH3 is 2. The van der Waals surface area contributed by atoms with E-state index in [-0.39, 0.29) is 10.8 Å². The van der Waals surface area contributed by atoms with Gasteiger partial charge in [0, 0.05) is 44.2 Å². The highest BCUT2D eigenvalue weighted by atomic mass is 16.5. The van der Waals surface area contributed by atoms with Crippen LogP contribution in [0, 0.1) is 10.8 Å². The average molecular weight is 569 g/mol. The number of aryl methyl sites for hydroxylation is 1. The fourth-order valence-electron chi connectivity index (χ4n) is 4.28. The van der Waals surface area contributed by atoms with Gasteiger partial charge in [0.2, 0.25) is 0 Å². The Balaban J connectivity index is 1.79. The normalized spacial score (nSPS) is 13.7. The van der Waals surface area contributed by atoms with Crippen molar-refractivity contribution in [3.05, 3.63) is 23.8 Å². The number of ether oxygens (including phenoxy) is 6. The van der Waals surface area contributed by atoms with Crippen LogP contribution in [0.3, 0.4) is 0 Å². The van der Waals surface area contributed by atoms with Crippen molar-refractivity contribution < 1.29 is 28.4 Å². The van der Waals surface area contributed by atoms with Gasteiger partial charge in [0.25, 0.3) is 0 Å². The van der Waals surface area contributed by atoms with Gasteiger partial charge in [-0.05, 0) is 26.2 Å². The maximum Gasteiger partial charge on any atom is 0.108 e. The van der Waals surface area contributed by atoms with Gasteiger partial charge in [-0.3, -0.25) is 4.68 Å². The number of aromatic nitrogens is 6. The molecule has 0 aliphatic carbocycles. The quantitative estimate of drug-likeness (QED) is 0.165. The molecule has 2 rings (SSSR count). The van der Waals surface area contributed by atoms with Crippen molar-refractivity contribution in [3.63, 3.8) is 0 Å². The second-order valence-electron chi connectivity index (χ2n) is 10.4. The first-order valence-corrected chi connectivity index (χ1v) is 14.5. The van der Waals surface area contributed by atoms with Crippen LogP contribution < -0.4 is 0 Å². The Morgan fingerprint density at radius 3 is 1.95 bits per heavy atom. The van der Waals surface area contributed by atoms with Crippen molar-refractivity contribution in [2.24, 2.45) is 10.8 Å². The minimum Gasteiger partial charge on any atom is -0.384 e. The van der Waals surface area contributed by atoms with E-state index in [0.29, 0.717) is 72.6 Å². The zero-order valence-corrected chi connectivity index (χ0v) is 25.6. The van der Waals surface area contributed by atoms with E-state index in [1.165, 1.54) is 0 Å². The highest BCUT2D eigenvalue weighted by Gasteiger charge is 2.33. The summed E-state index contributed by atoms with van der Waals surface area (Å²) in [6.07, 6.45) is 7.44. The zero-order valence-electron chi connectivity index (χ0n) is 25.6. The van der Waals surface area contributed by atoms with E-state index in [4.69, 9.17) is 28.4 Å². The lowest BCUT2D eigenvalue weighted by molar-refractivity contribution is -0.0933. The Kier molecular flexibility index (Phi) is 16.4. The summed E-state index contributed by atoms with van der Waals surface area (Å²) in [5.74, 6) is 0. The van der Waals surface area contributed by atoms with Gasteiger partial charge in [0.1, 0.15) is 5.69 Å². The van der Waals surface area contributed by atoms with Crippen LogP contribution in [-0.2, 0) is 54.5 Å². The molecule has 2 aromatic rings. The van der Waals surface area contributed by atoms with Crippen LogP contribution >= 0.6 is 0 Å². The first-order chi connectivity index (χ1) is 19.5. The van der Waals surface area contributed by atoms with Crippen LogP contribution in [0.1, 0.15) is 58.3 Å². The molecule has 12 nitrogen and oxygen atoms in total. The Bertz CT molecular complexity index is 905. The fourth-order valence-corrected chi connectivity index (χ4v) is 4.28. The smallest absolute Gasteiger partial charge is 0.108 e. The van der Waals surface area contributed by atoms with Gasteiger partial charge in [-0.15, -0.1) is 10.2 Å². The Labute approximate surface area is 240 Å². The third-order valence-electron chi connectivity index (χ3n) is 7.48. The maximum atomic E-state index is 6.38. The van der Waals surface area contributed by atoms with Gasteiger partial charge >= 0.3 is 0 Å². The minimum atomic E-state index is -0.251. The third kappa shape index (κ3) is 11.9. The van der Waals surface area contributed by atoms with E-state index in [2.05, 4.69) is 48.3 Å². The molecule has 0 aliphatic rings. The Morgan fingerprint density at radius 2 is 1.27 bits per heavy atom. The predicted octanol–water partition coefficient (Wildman–Crippen LogP) is 3.19. The van der Waals surface area contributed by atoms with Gasteiger partial charge in [-0.2, -0.15) is 0 Å². The van der Waals surface area contributed by atoms with Gasteiger partial charge in [-0.1, -0.05) is 31.2 Å². The van der Waals surface area contributed by atoms with Crippen LogP contribution in [0.15, 0.2) is 12.4 Å². The lowest BCUT2D eigenvalue weighted by atomic mass is 9.83. The minimum absolute atomic E-state index is 0.0414. The van der Waals surface area contributed by atoms with E-state index in [9.17, 15) is 0 Å². The first kappa shape index (κ1) is 34.2. The van der Waals surface area contributed by atoms with Crippen molar-refractivity contribution in [3.8, 4) is 0 Å². The van der Waals surface area contributed by atoms with Crippen molar-refractivity contribution in [2.75, 3.05) is 73.7 Å². The molecular weight excluding hydrogens is 516 g/mol. The summed E-state index contributed by atoms with van der Waals surface area (Å²) in [6.45, 7) is 15.6. The van der Waals surface area contributed by atoms with Crippen molar-refractivity contribution in [1.82, 2.24) is 30.0 Å². The molecule has 2 aromatic heterocycles. The monoisotopic (exact) mass is 568 g/mol. The molecule has 0 N–H and O–H groups in total. The molecule has 0 fully saturated rings. The average Bonchev–Trinajstić information content (AvgIpc) is 3.63. The number of nitrogens with zero attached hydrogens (tertiary/aromatic N) is 6. The molecule has 1 unspecified atom stereocenters. The van der Waals surface area contributed by atoms with E-state index in [0.717, 1.165) is 43.6 Å². The number of hydrogen-bond acceptors (Lipinski definition) is 10. The summed E-state index contributed by atoms with van der Waals surface area (Å²) in [5, 5.41) is 16.7. The molecule has 0 saturated heterocycles. The van der Waals surface area contributed by atoms with Gasteiger partial charge in [0.05, 0.1) is 84.5 Å². The number of rotatable bonds is 25. The zero-order chi connectivity index (χ0) is 29.1. The molecule has 40 heavy (non-hydrogen) atoms. The van der Waals surface area contributed by atoms with E-state index >= 15 is 0 Å². The summed E-state index contributed by atoms with van der Waals surface area (Å²) < 4.78 is 38.3. The Hall–Kier alpha value is -1.96. The molecule has 12 heteroatoms. The highest BCUT2D eigenvalue weighted by Crippen LogP contribution is 2.30. The lowest BCUT2D eigenvalue weighted by Crippen LogP contribution is -2.39. The summed E-state index contributed by atoms with van der Waals surface area (Å²) in [5.41, 5.74) is 1.45. The second-order valence-corrected chi connectivity index (χ2v) is 10.4. The van der Waals surface area contributed by atoms with Crippen molar-refractivity contribution >= 4 is 0 Å². The SMILES string of the molecule is CCn1cc(CCOCC(CC)(CC)COCC(CC)(COC)COCc2cn(CCOCCOC)nn2)nn1. The molecule has 0 amide bonds. The molecule has 0 saturated carbocycles. The molecular formula is C28H52N6O6. The second kappa shape index (κ2) is 19.2. The third-order valence-corrected chi connectivity index (χ3v) is 7.48. The molecule has 0 aromatic carbocycles. The van der Waals surface area contributed by atoms with Crippen LogP contribution in [-0.4, -0.2) is 104 Å². The molecule has 2 heterocycles. The van der Waals surface area contributed by atoms with Crippen LogP contribution in [0.4, 0.5) is 0 Å². The van der Waals surface area contributed by atoms with Gasteiger partial charge in [0.15, 0.2) is 0 Å². The van der Waals surface area contributed by atoms with Crippen LogP contribution in [0.25, 0.3) is 0 Å². The Morgan fingerprint density at radius 1 is 0.625 bits per heavy atom. The van der Waals surface area contributed by atoms with E-state index in [1.54, 1.807) is 18.9 Å². The van der Waals surface area contributed by atoms with Crippen LogP contribution in [0.5, 0.6) is 0 Å². The molecule has 230 valence electrons. The molecule has 0 radical (unpaired) electrons. The summed E-state index contributed by atoms with van der Waals surface area (Å²) in [4.78, 5) is 0. The molecule has 0 aliphatic heterocycles. The highest BCUT2D eigenvalue weighted by molar-refractivity contribution is 4.92. The molecule has 0 bridgehead atoms. The van der Waals surface area contributed by atoms with Crippen LogP contribution in [0.2, 0.25) is 0 Å². The van der Waals surface area contributed by atoms with Crippen molar-refractivity contribution in [1.29, 1.82) is 0 Å². The first-order valence-electron chi connectivity index (χ1n) is 14.5.